The number of nitro groups is 1. The lowest BCUT2D eigenvalue weighted by atomic mass is 9.95. The third-order valence-corrected chi connectivity index (χ3v) is 4.46. The Labute approximate surface area is 165 Å². The lowest BCUT2D eigenvalue weighted by molar-refractivity contribution is -0.384. The number of hydrogen-bond donors (Lipinski definition) is 1. The number of aryl methyl sites for hydroxylation is 1. The van der Waals surface area contributed by atoms with E-state index in [1.165, 1.54) is 18.2 Å². The third kappa shape index (κ3) is 4.29. The molecule has 142 valence electrons. The minimum atomic E-state index is -0.604. The first kappa shape index (κ1) is 19.4. The van der Waals surface area contributed by atoms with Gasteiger partial charge in [0.2, 0.25) is 0 Å². The molecule has 1 heterocycles. The Morgan fingerprint density at radius 3 is 2.25 bits per heavy atom. The van der Waals surface area contributed by atoms with E-state index >= 15 is 0 Å². The SMILES string of the molecule is Cc1cc(O)c(CC=C(c2ccc(Cl)cc2)c2ccc([N+](=O)[O-])cc2)c(=O)o1. The van der Waals surface area contributed by atoms with E-state index in [9.17, 15) is 20.0 Å². The highest BCUT2D eigenvalue weighted by atomic mass is 35.5. The lowest BCUT2D eigenvalue weighted by Crippen LogP contribution is -2.07. The van der Waals surface area contributed by atoms with Crippen LogP contribution in [-0.2, 0) is 6.42 Å². The topological polar surface area (TPSA) is 93.6 Å². The average molecular weight is 398 g/mol. The van der Waals surface area contributed by atoms with Gasteiger partial charge in [-0.2, -0.15) is 0 Å². The Bertz CT molecular complexity index is 1100. The molecule has 0 radical (unpaired) electrons. The van der Waals surface area contributed by atoms with Gasteiger partial charge in [0.15, 0.2) is 0 Å². The number of hydrogen-bond acceptors (Lipinski definition) is 5. The molecule has 3 aromatic rings. The van der Waals surface area contributed by atoms with Crippen LogP contribution in [0.2, 0.25) is 5.02 Å². The van der Waals surface area contributed by atoms with Crippen LogP contribution < -0.4 is 5.63 Å². The summed E-state index contributed by atoms with van der Waals surface area (Å²) in [6.45, 7) is 1.58. The van der Waals surface area contributed by atoms with Crippen LogP contribution in [0.4, 0.5) is 5.69 Å². The zero-order valence-corrected chi connectivity index (χ0v) is 15.6. The number of nitrogens with zero attached hydrogens (tertiary/aromatic N) is 1. The molecule has 0 aliphatic heterocycles. The number of non-ortho nitro benzene ring substituents is 1. The first-order valence-electron chi connectivity index (χ1n) is 8.38. The van der Waals surface area contributed by atoms with E-state index in [0.29, 0.717) is 10.8 Å². The second kappa shape index (κ2) is 8.10. The summed E-state index contributed by atoms with van der Waals surface area (Å²) >= 11 is 5.97. The molecule has 0 aliphatic rings. The number of halogens is 1. The van der Waals surface area contributed by atoms with Crippen molar-refractivity contribution in [2.24, 2.45) is 0 Å². The fourth-order valence-corrected chi connectivity index (χ4v) is 2.93. The van der Waals surface area contributed by atoms with E-state index in [1.807, 2.05) is 12.1 Å². The van der Waals surface area contributed by atoms with Crippen LogP contribution >= 0.6 is 11.6 Å². The van der Waals surface area contributed by atoms with Crippen LogP contribution in [0.25, 0.3) is 5.57 Å². The normalized spacial score (nSPS) is 11.4. The predicted molar refractivity (Wildman–Crippen MR) is 107 cm³/mol. The summed E-state index contributed by atoms with van der Waals surface area (Å²) in [5, 5.41) is 21.6. The minimum Gasteiger partial charge on any atom is -0.507 e. The molecule has 1 N–H and O–H groups in total. The first-order chi connectivity index (χ1) is 13.3. The predicted octanol–water partition coefficient (Wildman–Crippen LogP) is 4.89. The van der Waals surface area contributed by atoms with Crippen molar-refractivity contribution in [1.29, 1.82) is 0 Å². The maximum atomic E-state index is 12.1. The van der Waals surface area contributed by atoms with Gasteiger partial charge in [-0.25, -0.2) is 4.79 Å². The smallest absolute Gasteiger partial charge is 0.343 e. The average Bonchev–Trinajstić information content (AvgIpc) is 2.65. The van der Waals surface area contributed by atoms with Crippen LogP contribution in [0.5, 0.6) is 5.75 Å². The third-order valence-electron chi connectivity index (χ3n) is 4.20. The minimum absolute atomic E-state index is 0.0176. The van der Waals surface area contributed by atoms with Crippen molar-refractivity contribution in [3.63, 3.8) is 0 Å². The van der Waals surface area contributed by atoms with Gasteiger partial charge in [0.25, 0.3) is 5.69 Å². The van der Waals surface area contributed by atoms with Gasteiger partial charge in [0.1, 0.15) is 11.5 Å². The van der Waals surface area contributed by atoms with E-state index in [0.717, 1.165) is 16.7 Å². The number of rotatable bonds is 5. The largest absolute Gasteiger partial charge is 0.507 e. The molecule has 0 amide bonds. The molecular formula is C21H16ClNO5. The molecule has 0 atom stereocenters. The second-order valence-electron chi connectivity index (χ2n) is 6.14. The summed E-state index contributed by atoms with van der Waals surface area (Å²) in [7, 11) is 0. The molecular weight excluding hydrogens is 382 g/mol. The molecule has 7 heteroatoms. The molecule has 0 unspecified atom stereocenters. The summed E-state index contributed by atoms with van der Waals surface area (Å²) in [4.78, 5) is 22.5. The number of nitro benzene ring substituents is 1. The van der Waals surface area contributed by atoms with Gasteiger partial charge in [0.05, 0.1) is 10.5 Å². The molecule has 6 nitrogen and oxygen atoms in total. The Hall–Kier alpha value is -3.38. The summed E-state index contributed by atoms with van der Waals surface area (Å²) in [5.74, 6) is 0.188. The molecule has 0 spiro atoms. The maximum absolute atomic E-state index is 12.1. The van der Waals surface area contributed by atoms with Crippen LogP contribution in [0, 0.1) is 17.0 Å². The maximum Gasteiger partial charge on any atom is 0.343 e. The van der Waals surface area contributed by atoms with Crippen molar-refractivity contribution < 1.29 is 14.4 Å². The highest BCUT2D eigenvalue weighted by Gasteiger charge is 2.12. The van der Waals surface area contributed by atoms with Crippen molar-refractivity contribution in [2.75, 3.05) is 0 Å². The highest BCUT2D eigenvalue weighted by Crippen LogP contribution is 2.28. The summed E-state index contributed by atoms with van der Waals surface area (Å²) in [6, 6.07) is 14.6. The molecule has 3 rings (SSSR count). The number of benzene rings is 2. The van der Waals surface area contributed by atoms with Crippen molar-refractivity contribution in [1.82, 2.24) is 0 Å². The standard InChI is InChI=1S/C21H16ClNO5/c1-13-12-20(24)19(21(25)28-13)11-10-18(14-2-6-16(22)7-3-14)15-4-8-17(9-5-15)23(26)27/h2-10,12,24H,11H2,1H3. The Morgan fingerprint density at radius 1 is 1.14 bits per heavy atom. The Balaban J connectivity index is 2.06. The summed E-state index contributed by atoms with van der Waals surface area (Å²) < 4.78 is 5.05. The Kier molecular flexibility index (Phi) is 5.61. The fraction of sp³-hybridized carbons (Fsp3) is 0.0952. The van der Waals surface area contributed by atoms with Crippen molar-refractivity contribution in [3.05, 3.63) is 109 Å². The molecule has 1 aromatic heterocycles. The first-order valence-corrected chi connectivity index (χ1v) is 8.76. The number of allylic oxidation sites excluding steroid dienone is 1. The van der Waals surface area contributed by atoms with Crippen LogP contribution in [0.1, 0.15) is 22.5 Å². The van der Waals surface area contributed by atoms with E-state index in [-0.39, 0.29) is 23.4 Å². The second-order valence-corrected chi connectivity index (χ2v) is 6.58. The van der Waals surface area contributed by atoms with Gasteiger partial charge < -0.3 is 9.52 Å². The zero-order chi connectivity index (χ0) is 20.3. The van der Waals surface area contributed by atoms with Crippen LogP contribution in [0.3, 0.4) is 0 Å². The van der Waals surface area contributed by atoms with Gasteiger partial charge in [-0.3, -0.25) is 10.1 Å². The van der Waals surface area contributed by atoms with Crippen molar-refractivity contribution in [2.45, 2.75) is 13.3 Å². The lowest BCUT2D eigenvalue weighted by Gasteiger charge is -2.10. The summed E-state index contributed by atoms with van der Waals surface area (Å²) in [5.41, 5.74) is 1.80. The fourth-order valence-electron chi connectivity index (χ4n) is 2.81. The van der Waals surface area contributed by atoms with E-state index in [4.69, 9.17) is 16.0 Å². The monoisotopic (exact) mass is 397 g/mol. The van der Waals surface area contributed by atoms with Gasteiger partial charge in [-0.1, -0.05) is 29.8 Å². The highest BCUT2D eigenvalue weighted by molar-refractivity contribution is 6.30. The quantitative estimate of drug-likeness (QED) is 0.488. The zero-order valence-electron chi connectivity index (χ0n) is 14.9. The molecule has 0 saturated heterocycles. The molecule has 28 heavy (non-hydrogen) atoms. The van der Waals surface area contributed by atoms with Gasteiger partial charge >= 0.3 is 5.63 Å². The molecule has 0 fully saturated rings. The van der Waals surface area contributed by atoms with Crippen LogP contribution in [-0.4, -0.2) is 10.0 Å². The van der Waals surface area contributed by atoms with Gasteiger partial charge in [-0.05, 0) is 47.9 Å². The molecule has 0 aliphatic carbocycles. The molecule has 0 bridgehead atoms. The van der Waals surface area contributed by atoms with Gasteiger partial charge in [-0.15, -0.1) is 0 Å². The molecule has 2 aromatic carbocycles. The van der Waals surface area contributed by atoms with Crippen LogP contribution in [0.15, 0.2) is 69.9 Å². The van der Waals surface area contributed by atoms with Crippen molar-refractivity contribution in [3.8, 4) is 5.75 Å². The van der Waals surface area contributed by atoms with E-state index in [1.54, 1.807) is 37.3 Å². The van der Waals surface area contributed by atoms with E-state index in [2.05, 4.69) is 0 Å². The summed E-state index contributed by atoms with van der Waals surface area (Å²) in [6.07, 6.45) is 1.90. The molecule has 0 saturated carbocycles. The Morgan fingerprint density at radius 2 is 1.71 bits per heavy atom. The number of aromatic hydroxyl groups is 1. The van der Waals surface area contributed by atoms with Crippen molar-refractivity contribution >= 4 is 22.9 Å². The van der Waals surface area contributed by atoms with Gasteiger partial charge in [0, 0.05) is 29.6 Å². The van der Waals surface area contributed by atoms with E-state index < -0.39 is 10.5 Å².